The second kappa shape index (κ2) is 3.22. The zero-order valence-electron chi connectivity index (χ0n) is 6.10. The van der Waals surface area contributed by atoms with E-state index < -0.39 is 24.3 Å². The predicted octanol–water partition coefficient (Wildman–Crippen LogP) is -1.21. The molecule has 1 unspecified atom stereocenters. The van der Waals surface area contributed by atoms with Crippen molar-refractivity contribution >= 4 is 5.97 Å². The van der Waals surface area contributed by atoms with Gasteiger partial charge in [-0.3, -0.25) is 4.57 Å². The maximum Gasteiger partial charge on any atom is 0.329 e. The van der Waals surface area contributed by atoms with Crippen molar-refractivity contribution in [3.8, 4) is 0 Å². The first-order chi connectivity index (χ1) is 5.66. The molecule has 12 heavy (non-hydrogen) atoms. The molecule has 6 nitrogen and oxygen atoms in total. The first-order valence-electron chi connectivity index (χ1n) is 3.26. The van der Waals surface area contributed by atoms with Gasteiger partial charge in [0.2, 0.25) is 0 Å². The molecule has 0 amide bonds. The van der Waals surface area contributed by atoms with Crippen LogP contribution in [0, 0.1) is 0 Å². The van der Waals surface area contributed by atoms with Crippen molar-refractivity contribution in [2.75, 3.05) is 6.61 Å². The first-order valence-corrected chi connectivity index (χ1v) is 3.26. The lowest BCUT2D eigenvalue weighted by Crippen LogP contribution is -2.29. The van der Waals surface area contributed by atoms with Crippen LogP contribution in [0.25, 0.3) is 0 Å². The third-order valence-corrected chi connectivity index (χ3v) is 1.47. The lowest BCUT2D eigenvalue weighted by atomic mass is 10.3. The number of carboxylic acid groups (broad SMARTS) is 1. The van der Waals surface area contributed by atoms with Crippen molar-refractivity contribution in [2.45, 2.75) is 6.04 Å². The summed E-state index contributed by atoms with van der Waals surface area (Å²) in [6.45, 7) is -0.604. The molecule has 0 bridgehead atoms. The highest BCUT2D eigenvalue weighted by atomic mass is 16.4. The third kappa shape index (κ3) is 1.37. The zero-order chi connectivity index (χ0) is 9.14. The summed E-state index contributed by atoms with van der Waals surface area (Å²) in [4.78, 5) is 23.6. The molecule has 1 aromatic rings. The summed E-state index contributed by atoms with van der Waals surface area (Å²) in [7, 11) is 0. The second-order valence-electron chi connectivity index (χ2n) is 2.21. The average molecular weight is 172 g/mol. The SMILES string of the molecule is O=C(O)C(CO)n1cc[nH]c1=O. The minimum Gasteiger partial charge on any atom is -0.480 e. The Morgan fingerprint density at radius 2 is 2.42 bits per heavy atom. The monoisotopic (exact) mass is 172 g/mol. The fraction of sp³-hybridized carbons (Fsp3) is 0.333. The number of aliphatic carboxylic acids is 1. The van der Waals surface area contributed by atoms with Gasteiger partial charge in [0.05, 0.1) is 6.61 Å². The van der Waals surface area contributed by atoms with Gasteiger partial charge in [-0.1, -0.05) is 0 Å². The Kier molecular flexibility index (Phi) is 2.29. The van der Waals surface area contributed by atoms with Crippen LogP contribution in [0.1, 0.15) is 6.04 Å². The first kappa shape index (κ1) is 8.54. The fourth-order valence-electron chi connectivity index (χ4n) is 0.862. The highest BCUT2D eigenvalue weighted by Gasteiger charge is 2.19. The molecule has 0 fully saturated rings. The van der Waals surface area contributed by atoms with Crippen molar-refractivity contribution in [2.24, 2.45) is 0 Å². The van der Waals surface area contributed by atoms with Gasteiger partial charge >= 0.3 is 11.7 Å². The number of aromatic amines is 1. The van der Waals surface area contributed by atoms with Crippen LogP contribution >= 0.6 is 0 Å². The molecule has 0 aliphatic rings. The van der Waals surface area contributed by atoms with E-state index in [1.54, 1.807) is 0 Å². The molecule has 0 radical (unpaired) electrons. The summed E-state index contributed by atoms with van der Waals surface area (Å²) >= 11 is 0. The summed E-state index contributed by atoms with van der Waals surface area (Å²) in [6.07, 6.45) is 2.59. The van der Waals surface area contributed by atoms with E-state index in [4.69, 9.17) is 10.2 Å². The Balaban J connectivity index is 3.03. The Bertz CT molecular complexity index is 326. The smallest absolute Gasteiger partial charge is 0.329 e. The van der Waals surface area contributed by atoms with Gasteiger partial charge in [-0.2, -0.15) is 0 Å². The van der Waals surface area contributed by atoms with E-state index in [-0.39, 0.29) is 0 Å². The maximum atomic E-state index is 10.9. The summed E-state index contributed by atoms with van der Waals surface area (Å²) in [5.41, 5.74) is -0.545. The molecule has 1 atom stereocenters. The van der Waals surface area contributed by atoms with Crippen LogP contribution in [0.4, 0.5) is 0 Å². The van der Waals surface area contributed by atoms with Gasteiger partial charge in [0.15, 0.2) is 6.04 Å². The maximum absolute atomic E-state index is 10.9. The van der Waals surface area contributed by atoms with Gasteiger partial charge in [-0.05, 0) is 0 Å². The van der Waals surface area contributed by atoms with Crippen LogP contribution in [-0.2, 0) is 4.79 Å². The number of hydrogen-bond acceptors (Lipinski definition) is 3. The standard InChI is InChI=1S/C6H8N2O4/c9-3-4(5(10)11)8-2-1-7-6(8)12/h1-2,4,9H,3H2,(H,7,12)(H,10,11). The Morgan fingerprint density at radius 3 is 2.75 bits per heavy atom. The summed E-state index contributed by atoms with van der Waals surface area (Å²) in [6, 6.07) is -1.20. The van der Waals surface area contributed by atoms with E-state index in [9.17, 15) is 9.59 Å². The highest BCUT2D eigenvalue weighted by Crippen LogP contribution is 2.00. The van der Waals surface area contributed by atoms with Gasteiger partial charge in [0.25, 0.3) is 0 Å². The summed E-state index contributed by atoms with van der Waals surface area (Å²) < 4.78 is 0.919. The highest BCUT2D eigenvalue weighted by molar-refractivity contribution is 5.71. The molecular weight excluding hydrogens is 164 g/mol. The molecule has 0 aliphatic carbocycles. The molecule has 6 heteroatoms. The number of nitrogens with one attached hydrogen (secondary N) is 1. The normalized spacial score (nSPS) is 12.8. The number of aliphatic hydroxyl groups excluding tert-OH is 1. The minimum absolute atomic E-state index is 0.545. The second-order valence-corrected chi connectivity index (χ2v) is 2.21. The van der Waals surface area contributed by atoms with Gasteiger partial charge in [-0.15, -0.1) is 0 Å². The molecule has 0 saturated carbocycles. The quantitative estimate of drug-likeness (QED) is 0.533. The number of carboxylic acids is 1. The number of H-pyrrole nitrogens is 1. The topological polar surface area (TPSA) is 95.3 Å². The summed E-state index contributed by atoms with van der Waals surface area (Å²) in [5.74, 6) is -1.24. The van der Waals surface area contributed by atoms with Crippen LogP contribution in [0.5, 0.6) is 0 Å². The largest absolute Gasteiger partial charge is 0.480 e. The number of carbonyl (C=O) groups is 1. The minimum atomic E-state index is -1.24. The average Bonchev–Trinajstić information content (AvgIpc) is 2.38. The van der Waals surface area contributed by atoms with E-state index in [0.717, 1.165) is 4.57 Å². The molecule has 1 rings (SSSR count). The van der Waals surface area contributed by atoms with Crippen molar-refractivity contribution in [1.82, 2.24) is 9.55 Å². The molecule has 0 spiro atoms. The van der Waals surface area contributed by atoms with Crippen molar-refractivity contribution < 1.29 is 15.0 Å². The van der Waals surface area contributed by atoms with E-state index in [1.165, 1.54) is 12.4 Å². The number of hydrogen-bond donors (Lipinski definition) is 3. The lowest BCUT2D eigenvalue weighted by Gasteiger charge is -2.07. The molecule has 3 N–H and O–H groups in total. The van der Waals surface area contributed by atoms with Crippen LogP contribution in [0.15, 0.2) is 17.2 Å². The number of aliphatic hydroxyl groups is 1. The van der Waals surface area contributed by atoms with Crippen LogP contribution in [0.3, 0.4) is 0 Å². The van der Waals surface area contributed by atoms with Gasteiger partial charge < -0.3 is 15.2 Å². The molecule has 0 saturated heterocycles. The Morgan fingerprint density at radius 1 is 1.75 bits per heavy atom. The van der Waals surface area contributed by atoms with Crippen LogP contribution < -0.4 is 5.69 Å². The molecule has 0 aromatic carbocycles. The Hall–Kier alpha value is -1.56. The van der Waals surface area contributed by atoms with Crippen LogP contribution in [-0.4, -0.2) is 32.3 Å². The zero-order valence-corrected chi connectivity index (χ0v) is 6.10. The number of rotatable bonds is 3. The molecular formula is C6H8N2O4. The van der Waals surface area contributed by atoms with E-state index in [0.29, 0.717) is 0 Å². The number of aromatic nitrogens is 2. The molecule has 1 heterocycles. The molecule has 1 aromatic heterocycles. The van der Waals surface area contributed by atoms with Gasteiger partial charge in [-0.25, -0.2) is 9.59 Å². The molecule has 66 valence electrons. The Labute approximate surface area is 67.1 Å². The van der Waals surface area contributed by atoms with E-state index in [2.05, 4.69) is 4.98 Å². The third-order valence-electron chi connectivity index (χ3n) is 1.47. The number of nitrogens with zero attached hydrogens (tertiary/aromatic N) is 1. The fourth-order valence-corrected chi connectivity index (χ4v) is 0.862. The van der Waals surface area contributed by atoms with Crippen LogP contribution in [0.2, 0.25) is 0 Å². The number of imidazole rings is 1. The van der Waals surface area contributed by atoms with E-state index >= 15 is 0 Å². The lowest BCUT2D eigenvalue weighted by molar-refractivity contribution is -0.142. The van der Waals surface area contributed by atoms with E-state index in [1.807, 2.05) is 0 Å². The van der Waals surface area contributed by atoms with Gasteiger partial charge in [0, 0.05) is 12.4 Å². The molecule has 0 aliphatic heterocycles. The van der Waals surface area contributed by atoms with Gasteiger partial charge in [0.1, 0.15) is 0 Å². The van der Waals surface area contributed by atoms with Crippen molar-refractivity contribution in [3.05, 3.63) is 22.9 Å². The predicted molar refractivity (Wildman–Crippen MR) is 38.8 cm³/mol. The van der Waals surface area contributed by atoms with Crippen molar-refractivity contribution in [3.63, 3.8) is 0 Å². The summed E-state index contributed by atoms with van der Waals surface area (Å²) in [5, 5.41) is 17.2. The van der Waals surface area contributed by atoms with Crippen molar-refractivity contribution in [1.29, 1.82) is 0 Å².